The lowest BCUT2D eigenvalue weighted by Crippen LogP contribution is -1.94. The number of benzene rings is 2. The number of rotatable bonds is 1. The van der Waals surface area contributed by atoms with E-state index in [1.54, 1.807) is 11.3 Å². The Hall–Kier alpha value is -2.46. The number of pyridine rings is 1. The van der Waals surface area contributed by atoms with Crippen LogP contribution in [0, 0.1) is 0 Å². The van der Waals surface area contributed by atoms with Gasteiger partial charge in [-0.1, -0.05) is 30.3 Å². The van der Waals surface area contributed by atoms with Crippen LogP contribution >= 0.6 is 11.3 Å². The molecule has 96 valence electrons. The molecule has 0 aliphatic rings. The summed E-state index contributed by atoms with van der Waals surface area (Å²) >= 11 is 1.64. The Bertz CT molecular complexity index is 894. The van der Waals surface area contributed by atoms with Gasteiger partial charge < -0.3 is 5.73 Å². The lowest BCUT2D eigenvalue weighted by molar-refractivity contribution is 1.39. The highest BCUT2D eigenvalue weighted by molar-refractivity contribution is 7.21. The van der Waals surface area contributed by atoms with Crippen LogP contribution in [0.2, 0.25) is 0 Å². The van der Waals surface area contributed by atoms with Gasteiger partial charge in [0.15, 0.2) is 0 Å². The van der Waals surface area contributed by atoms with Crippen molar-refractivity contribution in [2.24, 2.45) is 0 Å². The monoisotopic (exact) mass is 277 g/mol. The summed E-state index contributed by atoms with van der Waals surface area (Å²) in [5.74, 6) is 0.530. The van der Waals surface area contributed by atoms with Crippen LogP contribution in [0.4, 0.5) is 5.82 Å². The van der Waals surface area contributed by atoms with E-state index in [0.29, 0.717) is 5.82 Å². The molecule has 4 rings (SSSR count). The second-order valence-corrected chi connectivity index (χ2v) is 5.63. The Labute approximate surface area is 119 Å². The summed E-state index contributed by atoms with van der Waals surface area (Å²) < 4.78 is 1.16. The minimum absolute atomic E-state index is 0.530. The fourth-order valence-electron chi connectivity index (χ4n) is 2.29. The van der Waals surface area contributed by atoms with Crippen molar-refractivity contribution in [3.63, 3.8) is 0 Å². The number of fused-ring (bicyclic) bond motifs is 2. The van der Waals surface area contributed by atoms with Crippen LogP contribution in [0.25, 0.3) is 31.7 Å². The fourth-order valence-corrected chi connectivity index (χ4v) is 3.28. The van der Waals surface area contributed by atoms with Gasteiger partial charge in [-0.25, -0.2) is 9.97 Å². The Kier molecular flexibility index (Phi) is 2.44. The van der Waals surface area contributed by atoms with E-state index in [-0.39, 0.29) is 0 Å². The smallest absolute Gasteiger partial charge is 0.134 e. The van der Waals surface area contributed by atoms with Gasteiger partial charge in [-0.2, -0.15) is 0 Å². The number of nitrogens with two attached hydrogens (primary N) is 1. The first kappa shape index (κ1) is 11.4. The number of nitrogen functional groups attached to an aromatic ring is 1. The van der Waals surface area contributed by atoms with Gasteiger partial charge in [-0.15, -0.1) is 11.3 Å². The molecule has 0 aliphatic heterocycles. The van der Waals surface area contributed by atoms with Crippen LogP contribution in [0.5, 0.6) is 0 Å². The van der Waals surface area contributed by atoms with Crippen LogP contribution < -0.4 is 5.73 Å². The summed E-state index contributed by atoms with van der Waals surface area (Å²) in [6.45, 7) is 0. The first-order chi connectivity index (χ1) is 9.81. The zero-order chi connectivity index (χ0) is 13.5. The average Bonchev–Trinajstić information content (AvgIpc) is 2.90. The number of hydrogen-bond donors (Lipinski definition) is 1. The van der Waals surface area contributed by atoms with Crippen LogP contribution in [0.15, 0.2) is 54.6 Å². The highest BCUT2D eigenvalue weighted by Gasteiger charge is 2.11. The number of nitrogens with zero attached hydrogens (tertiary/aromatic N) is 2. The van der Waals surface area contributed by atoms with E-state index in [9.17, 15) is 0 Å². The molecule has 2 N–H and O–H groups in total. The second-order valence-electron chi connectivity index (χ2n) is 4.60. The predicted octanol–water partition coefficient (Wildman–Crippen LogP) is 4.09. The van der Waals surface area contributed by atoms with Gasteiger partial charge in [0.2, 0.25) is 0 Å². The lowest BCUT2D eigenvalue weighted by atomic mass is 10.1. The largest absolute Gasteiger partial charge is 0.383 e. The van der Waals surface area contributed by atoms with Crippen molar-refractivity contribution < 1.29 is 0 Å². The van der Waals surface area contributed by atoms with Gasteiger partial charge in [-0.3, -0.25) is 0 Å². The molecule has 2 aromatic heterocycles. The molecular formula is C16H11N3S. The number of hydrogen-bond acceptors (Lipinski definition) is 4. The van der Waals surface area contributed by atoms with E-state index in [4.69, 9.17) is 5.73 Å². The van der Waals surface area contributed by atoms with Crippen molar-refractivity contribution in [3.8, 4) is 10.6 Å². The van der Waals surface area contributed by atoms with E-state index in [1.165, 1.54) is 0 Å². The summed E-state index contributed by atoms with van der Waals surface area (Å²) in [5, 5.41) is 2.00. The van der Waals surface area contributed by atoms with Gasteiger partial charge in [0.1, 0.15) is 10.8 Å². The van der Waals surface area contributed by atoms with Crippen molar-refractivity contribution in [1.29, 1.82) is 0 Å². The molecule has 2 heterocycles. The molecular weight excluding hydrogens is 266 g/mol. The normalized spacial score (nSPS) is 11.2. The lowest BCUT2D eigenvalue weighted by Gasteiger charge is -2.04. The van der Waals surface area contributed by atoms with Gasteiger partial charge >= 0.3 is 0 Å². The van der Waals surface area contributed by atoms with Crippen molar-refractivity contribution in [2.45, 2.75) is 0 Å². The van der Waals surface area contributed by atoms with Crippen LogP contribution in [0.3, 0.4) is 0 Å². The maximum Gasteiger partial charge on any atom is 0.134 e. The molecule has 2 aromatic carbocycles. The number of para-hydroxylation sites is 2. The quantitative estimate of drug-likeness (QED) is 0.570. The molecule has 4 heteroatoms. The molecule has 4 aromatic rings. The van der Waals surface area contributed by atoms with Crippen molar-refractivity contribution in [2.75, 3.05) is 5.73 Å². The van der Waals surface area contributed by atoms with Gasteiger partial charge in [0.05, 0.1) is 21.3 Å². The summed E-state index contributed by atoms with van der Waals surface area (Å²) in [6.07, 6.45) is 0. The topological polar surface area (TPSA) is 51.8 Å². The second kappa shape index (κ2) is 4.28. The number of anilines is 1. The molecule has 0 bridgehead atoms. The highest BCUT2D eigenvalue weighted by Crippen LogP contribution is 2.34. The Morgan fingerprint density at radius 2 is 1.60 bits per heavy atom. The minimum atomic E-state index is 0.530. The summed E-state index contributed by atoms with van der Waals surface area (Å²) in [5.41, 5.74) is 8.92. The summed E-state index contributed by atoms with van der Waals surface area (Å²) in [4.78, 5) is 9.12. The van der Waals surface area contributed by atoms with E-state index in [1.807, 2.05) is 42.5 Å². The Morgan fingerprint density at radius 1 is 0.850 bits per heavy atom. The first-order valence-corrected chi connectivity index (χ1v) is 7.14. The maximum absolute atomic E-state index is 6.10. The van der Waals surface area contributed by atoms with Crippen molar-refractivity contribution in [1.82, 2.24) is 9.97 Å². The third-order valence-corrected chi connectivity index (χ3v) is 4.35. The molecule has 3 nitrogen and oxygen atoms in total. The molecule has 0 atom stereocenters. The molecule has 0 fully saturated rings. The van der Waals surface area contributed by atoms with E-state index in [0.717, 1.165) is 31.7 Å². The van der Waals surface area contributed by atoms with Gasteiger partial charge in [-0.05, 0) is 24.3 Å². The first-order valence-electron chi connectivity index (χ1n) is 6.32. The van der Waals surface area contributed by atoms with E-state index in [2.05, 4.69) is 22.1 Å². The standard InChI is InChI=1S/C16H11N3S/c17-15-11(9-10-5-1-2-6-12(10)18-15)16-19-13-7-3-4-8-14(13)20-16/h1-9H,(H2,17,18). The minimum Gasteiger partial charge on any atom is -0.383 e. The summed E-state index contributed by atoms with van der Waals surface area (Å²) in [7, 11) is 0. The molecule has 0 saturated heterocycles. The van der Waals surface area contributed by atoms with Crippen molar-refractivity contribution in [3.05, 3.63) is 54.6 Å². The van der Waals surface area contributed by atoms with Gasteiger partial charge in [0, 0.05) is 5.39 Å². The van der Waals surface area contributed by atoms with Crippen LogP contribution in [-0.2, 0) is 0 Å². The third-order valence-electron chi connectivity index (χ3n) is 3.28. The van der Waals surface area contributed by atoms with E-state index < -0.39 is 0 Å². The number of thiazole rings is 1. The third kappa shape index (κ3) is 1.73. The molecule has 0 spiro atoms. The average molecular weight is 277 g/mol. The number of aromatic nitrogens is 2. The van der Waals surface area contributed by atoms with Crippen molar-refractivity contribution >= 4 is 38.3 Å². The van der Waals surface area contributed by atoms with Crippen LogP contribution in [0.1, 0.15) is 0 Å². The predicted molar refractivity (Wildman–Crippen MR) is 84.8 cm³/mol. The molecule has 0 amide bonds. The Morgan fingerprint density at radius 3 is 2.45 bits per heavy atom. The molecule has 0 saturated carbocycles. The molecule has 0 aliphatic carbocycles. The fraction of sp³-hybridized carbons (Fsp3) is 0. The molecule has 20 heavy (non-hydrogen) atoms. The SMILES string of the molecule is Nc1nc2ccccc2cc1-c1nc2ccccc2s1. The Balaban J connectivity index is 1.98. The molecule has 0 unspecified atom stereocenters. The van der Waals surface area contributed by atoms with Gasteiger partial charge in [0.25, 0.3) is 0 Å². The highest BCUT2D eigenvalue weighted by atomic mass is 32.1. The maximum atomic E-state index is 6.10. The van der Waals surface area contributed by atoms with Crippen LogP contribution in [-0.4, -0.2) is 9.97 Å². The molecule has 0 radical (unpaired) electrons. The zero-order valence-corrected chi connectivity index (χ0v) is 11.4. The zero-order valence-electron chi connectivity index (χ0n) is 10.6. The van der Waals surface area contributed by atoms with E-state index >= 15 is 0 Å². The summed E-state index contributed by atoms with van der Waals surface area (Å²) in [6, 6.07) is 18.1.